The second-order valence-electron chi connectivity index (χ2n) is 11.2. The van der Waals surface area contributed by atoms with Gasteiger partial charge >= 0.3 is 0 Å². The molecular formula is C31H43N3O. The number of hydrogen-bond acceptors (Lipinski definition) is 3. The first-order chi connectivity index (χ1) is 17.1. The van der Waals surface area contributed by atoms with E-state index in [1.165, 1.54) is 55.2 Å². The van der Waals surface area contributed by atoms with Gasteiger partial charge in [-0.05, 0) is 56.6 Å². The van der Waals surface area contributed by atoms with Gasteiger partial charge in [-0.1, -0.05) is 73.4 Å². The van der Waals surface area contributed by atoms with E-state index in [1.54, 1.807) is 0 Å². The van der Waals surface area contributed by atoms with Gasteiger partial charge in [0.25, 0.3) is 0 Å². The summed E-state index contributed by atoms with van der Waals surface area (Å²) in [5.41, 5.74) is 4.08. The Balaban J connectivity index is 1.40. The largest absolute Gasteiger partial charge is 0.353 e. The highest BCUT2D eigenvalue weighted by atomic mass is 16.1. The van der Waals surface area contributed by atoms with Crippen molar-refractivity contribution in [1.29, 1.82) is 0 Å². The number of amides is 1. The maximum Gasteiger partial charge on any atom is 0.227 e. The van der Waals surface area contributed by atoms with Crippen LogP contribution in [0, 0.1) is 12.8 Å². The van der Waals surface area contributed by atoms with Gasteiger partial charge in [0.2, 0.25) is 5.91 Å². The summed E-state index contributed by atoms with van der Waals surface area (Å²) in [6.45, 7) is 9.45. The number of rotatable bonds is 7. The molecule has 1 aromatic carbocycles. The zero-order chi connectivity index (χ0) is 24.2. The van der Waals surface area contributed by atoms with Gasteiger partial charge in [0.1, 0.15) is 0 Å². The summed E-state index contributed by atoms with van der Waals surface area (Å²) in [7, 11) is 0. The van der Waals surface area contributed by atoms with Crippen molar-refractivity contribution in [1.82, 2.24) is 15.1 Å². The van der Waals surface area contributed by atoms with Gasteiger partial charge in [-0.15, -0.1) is 6.58 Å². The predicted octanol–water partition coefficient (Wildman–Crippen LogP) is 5.71. The fraction of sp³-hybridized carbons (Fsp3) is 0.581. The molecule has 4 atom stereocenters. The maximum atomic E-state index is 12.9. The second kappa shape index (κ2) is 11.3. The molecule has 3 fully saturated rings. The van der Waals surface area contributed by atoms with Gasteiger partial charge in [0.05, 0.1) is 12.0 Å². The standard InChI is InChI=1S/C31H43N3O/c1-3-19-33-20-18-28-12-7-13-29(22-33)34(28)30(26-9-6-8-23(2)21-26)24-14-16-25(17-15-24)31(35)32-27-10-4-5-11-27/h3,6,8-9,14-16,21,25,27-30H,1,4-5,7,10-13,17-20,22H2,2H3,(H,32,35). The zero-order valence-corrected chi connectivity index (χ0v) is 21.5. The molecule has 4 heteroatoms. The average Bonchev–Trinajstić information content (AvgIpc) is 3.35. The highest BCUT2D eigenvalue weighted by molar-refractivity contribution is 5.81. The van der Waals surface area contributed by atoms with E-state index in [-0.39, 0.29) is 17.9 Å². The highest BCUT2D eigenvalue weighted by Gasteiger charge is 2.40. The molecule has 4 aliphatic rings. The lowest BCUT2D eigenvalue weighted by Crippen LogP contribution is -2.50. The molecule has 2 saturated heterocycles. The molecule has 4 nitrogen and oxygen atoms in total. The minimum atomic E-state index is -0.0378. The van der Waals surface area contributed by atoms with Crippen molar-refractivity contribution in [2.75, 3.05) is 19.6 Å². The Morgan fingerprint density at radius 2 is 1.97 bits per heavy atom. The first-order valence-corrected chi connectivity index (χ1v) is 14.0. The van der Waals surface area contributed by atoms with E-state index in [4.69, 9.17) is 0 Å². The number of hydrogen-bond donors (Lipinski definition) is 1. The zero-order valence-electron chi connectivity index (χ0n) is 21.5. The van der Waals surface area contributed by atoms with E-state index < -0.39 is 0 Å². The van der Waals surface area contributed by atoms with Crippen LogP contribution in [0.4, 0.5) is 0 Å². The van der Waals surface area contributed by atoms with Crippen molar-refractivity contribution in [3.8, 4) is 0 Å². The number of aryl methyl sites for hydroxylation is 1. The maximum absolute atomic E-state index is 12.9. The summed E-state index contributed by atoms with van der Waals surface area (Å²) < 4.78 is 0. The van der Waals surface area contributed by atoms with E-state index >= 15 is 0 Å². The fourth-order valence-corrected chi connectivity index (χ4v) is 6.94. The molecule has 35 heavy (non-hydrogen) atoms. The lowest BCUT2D eigenvalue weighted by Gasteiger charge is -2.46. The minimum absolute atomic E-state index is 0.0378. The molecule has 1 N–H and O–H groups in total. The molecule has 0 aromatic heterocycles. The first-order valence-electron chi connectivity index (χ1n) is 14.0. The van der Waals surface area contributed by atoms with Gasteiger partial charge < -0.3 is 5.32 Å². The van der Waals surface area contributed by atoms with Crippen LogP contribution >= 0.6 is 0 Å². The number of allylic oxidation sites excluding steroid dienone is 1. The van der Waals surface area contributed by atoms with Crippen molar-refractivity contribution >= 4 is 5.91 Å². The Hall–Kier alpha value is -2.17. The molecule has 0 spiro atoms. The first kappa shape index (κ1) is 24.5. The fourth-order valence-electron chi connectivity index (χ4n) is 6.94. The number of nitrogens with zero attached hydrogens (tertiary/aromatic N) is 2. The van der Waals surface area contributed by atoms with Gasteiger partial charge in [-0.3, -0.25) is 14.6 Å². The molecule has 4 unspecified atom stereocenters. The quantitative estimate of drug-likeness (QED) is 0.515. The van der Waals surface area contributed by atoms with Crippen LogP contribution in [-0.4, -0.2) is 53.5 Å². The summed E-state index contributed by atoms with van der Waals surface area (Å²) in [5, 5.41) is 3.31. The summed E-state index contributed by atoms with van der Waals surface area (Å²) >= 11 is 0. The minimum Gasteiger partial charge on any atom is -0.353 e. The summed E-state index contributed by atoms with van der Waals surface area (Å²) in [4.78, 5) is 18.4. The number of fused-ring (bicyclic) bond motifs is 2. The Morgan fingerprint density at radius 1 is 1.14 bits per heavy atom. The third-order valence-corrected chi connectivity index (χ3v) is 8.69. The van der Waals surface area contributed by atoms with Crippen molar-refractivity contribution in [3.05, 3.63) is 71.8 Å². The molecule has 2 bridgehead atoms. The van der Waals surface area contributed by atoms with Crippen LogP contribution < -0.4 is 5.32 Å². The van der Waals surface area contributed by atoms with Crippen LogP contribution in [0.15, 0.2) is 60.7 Å². The normalized spacial score (nSPS) is 28.8. The lowest BCUT2D eigenvalue weighted by molar-refractivity contribution is -0.124. The Labute approximate surface area is 212 Å². The third kappa shape index (κ3) is 5.65. The average molecular weight is 474 g/mol. The van der Waals surface area contributed by atoms with E-state index in [1.807, 2.05) is 0 Å². The summed E-state index contributed by atoms with van der Waals surface area (Å²) in [6.07, 6.45) is 19.5. The molecule has 0 radical (unpaired) electrons. The SMILES string of the molecule is C=CCN1CCC2CCCC(C1)N2C(C1=CCC(C(=O)NC2CCCC2)C=C1)c1cccc(C)c1. The molecule has 2 aliphatic carbocycles. The van der Waals surface area contributed by atoms with Gasteiger partial charge in [0.15, 0.2) is 0 Å². The second-order valence-corrected chi connectivity index (χ2v) is 11.2. The van der Waals surface area contributed by atoms with Crippen molar-refractivity contribution in [2.45, 2.75) is 88.9 Å². The topological polar surface area (TPSA) is 35.6 Å². The Morgan fingerprint density at radius 3 is 2.71 bits per heavy atom. The predicted molar refractivity (Wildman–Crippen MR) is 144 cm³/mol. The smallest absolute Gasteiger partial charge is 0.227 e. The number of piperidine rings is 1. The van der Waals surface area contributed by atoms with Crippen LogP contribution in [0.5, 0.6) is 0 Å². The van der Waals surface area contributed by atoms with E-state index in [0.29, 0.717) is 18.1 Å². The van der Waals surface area contributed by atoms with Crippen LogP contribution in [0.3, 0.4) is 0 Å². The monoisotopic (exact) mass is 473 g/mol. The molecule has 1 amide bonds. The number of carbonyl (C=O) groups is 1. The molecule has 1 aromatic rings. The number of carbonyl (C=O) groups excluding carboxylic acids is 1. The lowest BCUT2D eigenvalue weighted by atomic mass is 9.84. The van der Waals surface area contributed by atoms with Crippen LogP contribution in [0.25, 0.3) is 0 Å². The summed E-state index contributed by atoms with van der Waals surface area (Å²) in [5.74, 6) is 0.173. The Kier molecular flexibility index (Phi) is 7.89. The van der Waals surface area contributed by atoms with Crippen LogP contribution in [0.2, 0.25) is 0 Å². The van der Waals surface area contributed by atoms with Crippen molar-refractivity contribution in [2.24, 2.45) is 5.92 Å². The van der Waals surface area contributed by atoms with Crippen molar-refractivity contribution in [3.63, 3.8) is 0 Å². The molecule has 2 heterocycles. The molecular weight excluding hydrogens is 430 g/mol. The van der Waals surface area contributed by atoms with E-state index in [9.17, 15) is 4.79 Å². The molecule has 5 rings (SSSR count). The number of benzene rings is 1. The van der Waals surface area contributed by atoms with Crippen LogP contribution in [0.1, 0.15) is 75.0 Å². The molecule has 1 saturated carbocycles. The van der Waals surface area contributed by atoms with Crippen LogP contribution in [-0.2, 0) is 4.79 Å². The summed E-state index contributed by atoms with van der Waals surface area (Å²) in [6, 6.07) is 10.9. The van der Waals surface area contributed by atoms with Gasteiger partial charge in [0, 0.05) is 37.8 Å². The van der Waals surface area contributed by atoms with Gasteiger partial charge in [-0.25, -0.2) is 0 Å². The number of nitrogens with one attached hydrogen (secondary N) is 1. The molecule has 188 valence electrons. The third-order valence-electron chi connectivity index (χ3n) is 8.69. The van der Waals surface area contributed by atoms with Gasteiger partial charge in [-0.2, -0.15) is 0 Å². The highest BCUT2D eigenvalue weighted by Crippen LogP contribution is 2.41. The van der Waals surface area contributed by atoms with Crippen molar-refractivity contribution < 1.29 is 4.79 Å². The Bertz CT molecular complexity index is 960. The van der Waals surface area contributed by atoms with E-state index in [2.05, 4.69) is 77.2 Å². The van der Waals surface area contributed by atoms with E-state index in [0.717, 1.165) is 38.9 Å². The molecule has 2 aliphatic heterocycles.